The molecule has 3 aliphatic carbocycles. The van der Waals surface area contributed by atoms with Gasteiger partial charge >= 0.3 is 5.97 Å². The Bertz CT molecular complexity index is 1100. The molecule has 6 rings (SSSR count). The van der Waals surface area contributed by atoms with Crippen molar-refractivity contribution in [2.24, 2.45) is 10.8 Å². The molecule has 4 aliphatic rings. The Morgan fingerprint density at radius 3 is 2.52 bits per heavy atom. The van der Waals surface area contributed by atoms with E-state index in [0.29, 0.717) is 55.9 Å². The molecule has 1 N–H and O–H groups in total. The van der Waals surface area contributed by atoms with Gasteiger partial charge in [-0.25, -0.2) is 4.39 Å². The fourth-order valence-electron chi connectivity index (χ4n) is 6.11. The molecule has 33 heavy (non-hydrogen) atoms. The summed E-state index contributed by atoms with van der Waals surface area (Å²) in [5.41, 5.74) is 2.93. The smallest absolute Gasteiger partial charge is 0.309 e. The van der Waals surface area contributed by atoms with Gasteiger partial charge in [-0.05, 0) is 75.0 Å². The monoisotopic (exact) mass is 473 g/mol. The van der Waals surface area contributed by atoms with Gasteiger partial charge in [-0.3, -0.25) is 14.3 Å². The highest BCUT2D eigenvalue weighted by Gasteiger charge is 2.53. The summed E-state index contributed by atoms with van der Waals surface area (Å²) in [5.74, 6) is -0.904. The zero-order chi connectivity index (χ0) is 23.4. The highest BCUT2D eigenvalue weighted by atomic mass is 35.5. The van der Waals surface area contributed by atoms with E-state index in [1.165, 1.54) is 6.07 Å². The number of aryl methyl sites for hydroxylation is 1. The molecule has 3 fully saturated rings. The van der Waals surface area contributed by atoms with Gasteiger partial charge in [0, 0.05) is 23.6 Å². The lowest BCUT2D eigenvalue weighted by Crippen LogP contribution is -2.48. The van der Waals surface area contributed by atoms with Crippen molar-refractivity contribution < 1.29 is 19.1 Å². The van der Waals surface area contributed by atoms with E-state index in [4.69, 9.17) is 11.6 Å². The summed E-state index contributed by atoms with van der Waals surface area (Å²) in [6, 6.07) is 4.66. The molecule has 1 aromatic heterocycles. The Kier molecular flexibility index (Phi) is 5.51. The van der Waals surface area contributed by atoms with Crippen molar-refractivity contribution in [1.82, 2.24) is 14.7 Å². The lowest BCUT2D eigenvalue weighted by atomic mass is 9.53. The molecular formula is C25H29ClFN3O3. The van der Waals surface area contributed by atoms with Crippen LogP contribution in [0.25, 0.3) is 0 Å². The lowest BCUT2D eigenvalue weighted by molar-refractivity contribution is -0.160. The van der Waals surface area contributed by atoms with Gasteiger partial charge in [-0.2, -0.15) is 5.10 Å². The van der Waals surface area contributed by atoms with Gasteiger partial charge in [0.25, 0.3) is 0 Å². The van der Waals surface area contributed by atoms with E-state index >= 15 is 0 Å². The summed E-state index contributed by atoms with van der Waals surface area (Å²) in [6.07, 6.45) is 5.71. The van der Waals surface area contributed by atoms with Crippen LogP contribution in [0.1, 0.15) is 67.5 Å². The minimum atomic E-state index is -0.675. The van der Waals surface area contributed by atoms with Gasteiger partial charge < -0.3 is 10.0 Å². The van der Waals surface area contributed by atoms with E-state index in [-0.39, 0.29) is 17.1 Å². The number of amides is 1. The van der Waals surface area contributed by atoms with Crippen LogP contribution in [-0.2, 0) is 29.1 Å². The maximum atomic E-state index is 14.4. The van der Waals surface area contributed by atoms with E-state index in [2.05, 4.69) is 5.10 Å². The number of benzene rings is 1. The van der Waals surface area contributed by atoms with Crippen molar-refractivity contribution in [3.8, 4) is 0 Å². The summed E-state index contributed by atoms with van der Waals surface area (Å²) in [6.45, 7) is 3.38. The Morgan fingerprint density at radius 2 is 1.88 bits per heavy atom. The van der Waals surface area contributed by atoms with E-state index < -0.39 is 11.4 Å². The molecule has 8 heteroatoms. The number of hydrogen-bond acceptors (Lipinski definition) is 3. The van der Waals surface area contributed by atoms with Gasteiger partial charge in [0.2, 0.25) is 5.91 Å². The molecule has 3 saturated carbocycles. The highest BCUT2D eigenvalue weighted by molar-refractivity contribution is 6.30. The molecule has 0 radical (unpaired) electrons. The third kappa shape index (κ3) is 3.94. The lowest BCUT2D eigenvalue weighted by Gasteiger charge is -2.51. The summed E-state index contributed by atoms with van der Waals surface area (Å²) in [4.78, 5) is 27.0. The largest absolute Gasteiger partial charge is 0.481 e. The second-order valence-corrected chi connectivity index (χ2v) is 10.7. The number of carboxylic acids is 1. The first-order chi connectivity index (χ1) is 15.7. The van der Waals surface area contributed by atoms with Crippen LogP contribution >= 0.6 is 11.6 Å². The number of carbonyl (C=O) groups excluding carboxylic acids is 1. The Balaban J connectivity index is 1.30. The first-order valence-electron chi connectivity index (χ1n) is 11.7. The molecule has 0 unspecified atom stereocenters. The predicted molar refractivity (Wildman–Crippen MR) is 121 cm³/mol. The number of aromatic nitrogens is 2. The molecule has 1 aliphatic heterocycles. The van der Waals surface area contributed by atoms with Crippen LogP contribution in [0.3, 0.4) is 0 Å². The SMILES string of the molecule is Cc1nn(Cc2ccc(Cl)cc2F)c2c1CCN(C(=O)CC13CCC(C(=O)O)(CC1)CC3)C2. The number of hydrogen-bond donors (Lipinski definition) is 1. The first-order valence-corrected chi connectivity index (χ1v) is 12.1. The number of nitrogens with zero attached hydrogens (tertiary/aromatic N) is 3. The van der Waals surface area contributed by atoms with Crippen LogP contribution in [-0.4, -0.2) is 38.2 Å². The quantitative estimate of drug-likeness (QED) is 0.681. The number of carboxylic acid groups (broad SMARTS) is 1. The molecule has 2 heterocycles. The third-order valence-electron chi connectivity index (χ3n) is 8.41. The fraction of sp³-hybridized carbons (Fsp3) is 0.560. The molecule has 176 valence electrons. The molecule has 0 atom stereocenters. The van der Waals surface area contributed by atoms with E-state index in [1.54, 1.807) is 12.1 Å². The fourth-order valence-corrected chi connectivity index (χ4v) is 6.27. The molecule has 2 bridgehead atoms. The standard InChI is InChI=1S/C25H29ClFN3O3/c1-16-19-4-11-29(15-21(19)30(28-16)14-17-2-3-18(26)12-20(17)27)22(31)13-24-5-8-25(9-6-24,10-7-24)23(32)33/h2-3,12H,4-11,13-15H2,1H3,(H,32,33). The highest BCUT2D eigenvalue weighted by Crippen LogP contribution is 2.58. The van der Waals surface area contributed by atoms with Gasteiger partial charge in [0.05, 0.1) is 29.9 Å². The second-order valence-electron chi connectivity index (χ2n) is 10.2. The maximum Gasteiger partial charge on any atom is 0.309 e. The molecule has 1 amide bonds. The molecule has 0 spiro atoms. The molecular weight excluding hydrogens is 445 g/mol. The van der Waals surface area contributed by atoms with Crippen LogP contribution < -0.4 is 0 Å². The summed E-state index contributed by atoms with van der Waals surface area (Å²) in [5, 5.41) is 14.6. The maximum absolute atomic E-state index is 14.4. The zero-order valence-corrected chi connectivity index (χ0v) is 19.6. The average Bonchev–Trinajstić information content (AvgIpc) is 3.11. The van der Waals surface area contributed by atoms with Crippen LogP contribution in [0.15, 0.2) is 18.2 Å². The predicted octanol–water partition coefficient (Wildman–Crippen LogP) is 4.73. The van der Waals surface area contributed by atoms with Crippen molar-refractivity contribution in [2.75, 3.05) is 6.54 Å². The van der Waals surface area contributed by atoms with E-state index in [1.807, 2.05) is 16.5 Å². The third-order valence-corrected chi connectivity index (χ3v) is 8.64. The number of fused-ring (bicyclic) bond motifs is 4. The average molecular weight is 474 g/mol. The van der Waals surface area contributed by atoms with Crippen LogP contribution in [0.2, 0.25) is 5.02 Å². The Labute approximate surface area is 197 Å². The Morgan fingerprint density at radius 1 is 1.18 bits per heavy atom. The van der Waals surface area contributed by atoms with E-state index in [9.17, 15) is 19.1 Å². The van der Waals surface area contributed by atoms with Gasteiger partial charge in [0.1, 0.15) is 5.82 Å². The van der Waals surface area contributed by atoms with Crippen LogP contribution in [0, 0.1) is 23.6 Å². The molecule has 2 aromatic rings. The van der Waals surface area contributed by atoms with Crippen molar-refractivity contribution in [3.05, 3.63) is 51.6 Å². The molecule has 0 saturated heterocycles. The summed E-state index contributed by atoms with van der Waals surface area (Å²) < 4.78 is 16.2. The first kappa shape index (κ1) is 22.4. The number of rotatable bonds is 5. The van der Waals surface area contributed by atoms with Gasteiger partial charge in [-0.15, -0.1) is 0 Å². The van der Waals surface area contributed by atoms with Crippen molar-refractivity contribution >= 4 is 23.5 Å². The topological polar surface area (TPSA) is 75.4 Å². The van der Waals surface area contributed by atoms with Gasteiger partial charge in [-0.1, -0.05) is 17.7 Å². The Hall–Kier alpha value is -2.41. The van der Waals surface area contributed by atoms with Crippen LogP contribution in [0.5, 0.6) is 0 Å². The van der Waals surface area contributed by atoms with Crippen molar-refractivity contribution in [3.63, 3.8) is 0 Å². The van der Waals surface area contributed by atoms with Crippen LogP contribution in [0.4, 0.5) is 4.39 Å². The van der Waals surface area contributed by atoms with E-state index in [0.717, 1.165) is 42.6 Å². The van der Waals surface area contributed by atoms with Gasteiger partial charge in [0.15, 0.2) is 0 Å². The molecule has 1 aromatic carbocycles. The summed E-state index contributed by atoms with van der Waals surface area (Å²) >= 11 is 5.89. The van der Waals surface area contributed by atoms with Crippen molar-refractivity contribution in [2.45, 2.75) is 71.4 Å². The zero-order valence-electron chi connectivity index (χ0n) is 18.9. The second kappa shape index (κ2) is 8.12. The number of halogens is 2. The van der Waals surface area contributed by atoms with Crippen molar-refractivity contribution in [1.29, 1.82) is 0 Å². The minimum Gasteiger partial charge on any atom is -0.481 e. The molecule has 6 nitrogen and oxygen atoms in total. The number of aliphatic carboxylic acids is 1. The minimum absolute atomic E-state index is 0.0584. The number of carbonyl (C=O) groups is 2. The summed E-state index contributed by atoms with van der Waals surface area (Å²) in [7, 11) is 0. The normalized spacial score (nSPS) is 26.3.